The number of hydrogen-bond acceptors (Lipinski definition) is 5. The summed E-state index contributed by atoms with van der Waals surface area (Å²) in [5, 5.41) is 12.2. The first-order chi connectivity index (χ1) is 16.1. The summed E-state index contributed by atoms with van der Waals surface area (Å²) in [5.74, 6) is -3.11. The van der Waals surface area contributed by atoms with Crippen molar-refractivity contribution in [2.24, 2.45) is 5.92 Å². The number of nitrogens with zero attached hydrogens (tertiary/aromatic N) is 2. The van der Waals surface area contributed by atoms with Crippen LogP contribution in [0.2, 0.25) is 0 Å². The summed E-state index contributed by atoms with van der Waals surface area (Å²) < 4.78 is 40.2. The summed E-state index contributed by atoms with van der Waals surface area (Å²) in [6.45, 7) is 1.64. The van der Waals surface area contributed by atoms with Crippen molar-refractivity contribution < 1.29 is 32.3 Å². The molecule has 0 bridgehead atoms. The third-order valence-electron chi connectivity index (χ3n) is 6.48. The second-order valence-electron chi connectivity index (χ2n) is 8.92. The molecule has 0 aromatic heterocycles. The van der Waals surface area contributed by atoms with E-state index in [0.717, 1.165) is 53.4 Å². The lowest BCUT2D eigenvalue weighted by Gasteiger charge is -2.34. The highest BCUT2D eigenvalue weighted by molar-refractivity contribution is 7.89. The van der Waals surface area contributed by atoms with Gasteiger partial charge in [-0.3, -0.25) is 14.4 Å². The van der Waals surface area contributed by atoms with Gasteiger partial charge in [-0.1, -0.05) is 26.2 Å². The van der Waals surface area contributed by atoms with Crippen LogP contribution in [0.4, 0.5) is 4.39 Å². The molecule has 2 amide bonds. The molecule has 3 rings (SSSR count). The van der Waals surface area contributed by atoms with Gasteiger partial charge in [0.1, 0.15) is 5.82 Å². The van der Waals surface area contributed by atoms with Gasteiger partial charge in [0.05, 0.1) is 12.2 Å². The lowest BCUT2D eigenvalue weighted by atomic mass is 9.82. The highest BCUT2D eigenvalue weighted by atomic mass is 32.2. The molecule has 11 heteroatoms. The van der Waals surface area contributed by atoms with E-state index >= 15 is 0 Å². The highest BCUT2D eigenvalue weighted by Crippen LogP contribution is 2.29. The number of benzene rings is 1. The number of carbonyl (C=O) groups excluding carboxylic acids is 2. The molecule has 34 heavy (non-hydrogen) atoms. The number of rotatable bonds is 9. The van der Waals surface area contributed by atoms with E-state index in [1.807, 2.05) is 0 Å². The minimum absolute atomic E-state index is 0.00966. The number of sulfonamides is 1. The van der Waals surface area contributed by atoms with Crippen molar-refractivity contribution in [2.75, 3.05) is 18.8 Å². The van der Waals surface area contributed by atoms with Gasteiger partial charge < -0.3 is 15.3 Å². The summed E-state index contributed by atoms with van der Waals surface area (Å²) in [5.41, 5.74) is 0.128. The number of carbonyl (C=O) groups is 3. The molecule has 2 atom stereocenters. The number of carboxylic acids is 1. The molecular weight excluding hydrogens is 465 g/mol. The molecule has 0 radical (unpaired) electrons. The zero-order valence-corrected chi connectivity index (χ0v) is 20.1. The molecule has 2 N–H and O–H groups in total. The average molecular weight is 498 g/mol. The third-order valence-corrected chi connectivity index (χ3v) is 8.50. The molecule has 2 aliphatic rings. The second-order valence-corrected chi connectivity index (χ2v) is 11.0. The quantitative estimate of drug-likeness (QED) is 0.539. The topological polar surface area (TPSA) is 124 Å². The Morgan fingerprint density at radius 2 is 1.76 bits per heavy atom. The van der Waals surface area contributed by atoms with E-state index in [0.29, 0.717) is 6.42 Å². The van der Waals surface area contributed by atoms with Gasteiger partial charge >= 0.3 is 5.97 Å². The van der Waals surface area contributed by atoms with E-state index in [-0.39, 0.29) is 36.7 Å². The molecule has 2 fully saturated rings. The number of halogens is 1. The van der Waals surface area contributed by atoms with Gasteiger partial charge in [-0.25, -0.2) is 12.8 Å². The van der Waals surface area contributed by atoms with Gasteiger partial charge in [0.15, 0.2) is 6.17 Å². The molecule has 1 saturated carbocycles. The van der Waals surface area contributed by atoms with Crippen molar-refractivity contribution in [2.45, 2.75) is 64.1 Å². The molecule has 0 spiro atoms. The Morgan fingerprint density at radius 1 is 1.12 bits per heavy atom. The monoisotopic (exact) mass is 497 g/mol. The minimum atomic E-state index is -3.84. The molecule has 9 nitrogen and oxygen atoms in total. The summed E-state index contributed by atoms with van der Waals surface area (Å²) in [6, 6.07) is 4.15. The van der Waals surface area contributed by atoms with Gasteiger partial charge in [0, 0.05) is 24.7 Å². The fraction of sp³-hybridized carbons (Fsp3) is 0.609. The van der Waals surface area contributed by atoms with Crippen LogP contribution in [0.15, 0.2) is 24.3 Å². The first kappa shape index (κ1) is 26.1. The number of nitrogens with one attached hydrogen (secondary N) is 1. The van der Waals surface area contributed by atoms with Gasteiger partial charge in [0.25, 0.3) is 11.8 Å². The van der Waals surface area contributed by atoms with Crippen molar-refractivity contribution in [1.82, 2.24) is 14.5 Å². The first-order valence-corrected chi connectivity index (χ1v) is 13.3. The molecule has 2 unspecified atom stereocenters. The highest BCUT2D eigenvalue weighted by Gasteiger charge is 2.46. The summed E-state index contributed by atoms with van der Waals surface area (Å²) in [7, 11) is -3.84. The SMILES string of the molecule is CCCS(=O)(=O)N1CCN(C(=O)c2ccc(F)cc2)C1C(=O)NC(CC(=O)O)C1CCCCC1. The molecular formula is C23H32FN3O6S. The maximum absolute atomic E-state index is 13.5. The Morgan fingerprint density at radius 3 is 2.35 bits per heavy atom. The van der Waals surface area contributed by atoms with Gasteiger partial charge in [0.2, 0.25) is 10.0 Å². The van der Waals surface area contributed by atoms with Gasteiger partial charge in [-0.2, -0.15) is 4.31 Å². The van der Waals surface area contributed by atoms with Crippen LogP contribution in [0.25, 0.3) is 0 Å². The van der Waals surface area contributed by atoms with Crippen molar-refractivity contribution in [3.63, 3.8) is 0 Å². The lowest BCUT2D eigenvalue weighted by molar-refractivity contribution is -0.138. The summed E-state index contributed by atoms with van der Waals surface area (Å²) in [6.07, 6.45) is 3.10. The van der Waals surface area contributed by atoms with Crippen molar-refractivity contribution in [3.8, 4) is 0 Å². The Kier molecular flexibility index (Phi) is 8.64. The van der Waals surface area contributed by atoms with Gasteiger partial charge in [-0.05, 0) is 49.4 Å². The van der Waals surface area contributed by atoms with Crippen LogP contribution in [0.1, 0.15) is 62.2 Å². The van der Waals surface area contributed by atoms with E-state index in [4.69, 9.17) is 0 Å². The second kappa shape index (κ2) is 11.3. The van der Waals surface area contributed by atoms with E-state index in [2.05, 4.69) is 5.32 Å². The lowest BCUT2D eigenvalue weighted by Crippen LogP contribution is -2.57. The first-order valence-electron chi connectivity index (χ1n) is 11.7. The van der Waals surface area contributed by atoms with Crippen molar-refractivity contribution in [3.05, 3.63) is 35.6 Å². The summed E-state index contributed by atoms with van der Waals surface area (Å²) in [4.78, 5) is 39.3. The van der Waals surface area contributed by atoms with E-state index in [9.17, 15) is 32.3 Å². The fourth-order valence-electron chi connectivity index (χ4n) is 4.83. The molecule has 188 valence electrons. The zero-order chi connectivity index (χ0) is 24.9. The zero-order valence-electron chi connectivity index (χ0n) is 19.3. The van der Waals surface area contributed by atoms with E-state index in [1.165, 1.54) is 12.1 Å². The Balaban J connectivity index is 1.90. The van der Waals surface area contributed by atoms with Crippen LogP contribution in [0.5, 0.6) is 0 Å². The number of hydrogen-bond donors (Lipinski definition) is 2. The molecule has 1 aliphatic heterocycles. The minimum Gasteiger partial charge on any atom is -0.481 e. The van der Waals surface area contributed by atoms with Gasteiger partial charge in [-0.15, -0.1) is 0 Å². The molecule has 1 heterocycles. The normalized spacial score (nSPS) is 20.8. The molecule has 1 aliphatic carbocycles. The largest absolute Gasteiger partial charge is 0.481 e. The smallest absolute Gasteiger partial charge is 0.305 e. The Bertz CT molecular complexity index is 994. The third kappa shape index (κ3) is 6.12. The van der Waals surface area contributed by atoms with Crippen LogP contribution >= 0.6 is 0 Å². The van der Waals surface area contributed by atoms with Crippen LogP contribution in [-0.4, -0.2) is 71.6 Å². The molecule has 1 saturated heterocycles. The van der Waals surface area contributed by atoms with E-state index in [1.54, 1.807) is 6.92 Å². The fourth-order valence-corrected chi connectivity index (χ4v) is 6.46. The summed E-state index contributed by atoms with van der Waals surface area (Å²) >= 11 is 0. The number of carboxylic acid groups (broad SMARTS) is 1. The predicted molar refractivity (Wildman–Crippen MR) is 123 cm³/mol. The number of amides is 2. The standard InChI is InChI=1S/C23H32FN3O6S/c1-2-14-34(32,33)27-13-12-26(23(31)17-8-10-18(24)11-9-17)22(27)21(30)25-19(15-20(28)29)16-6-4-3-5-7-16/h8-11,16,19,22H,2-7,12-15H2,1H3,(H,25,30)(H,28,29). The van der Waals surface area contributed by atoms with Crippen LogP contribution < -0.4 is 5.32 Å². The Hall–Kier alpha value is -2.53. The van der Waals surface area contributed by atoms with Crippen LogP contribution in [-0.2, 0) is 19.6 Å². The maximum Gasteiger partial charge on any atom is 0.305 e. The number of aliphatic carboxylic acids is 1. The average Bonchev–Trinajstić information content (AvgIpc) is 3.25. The van der Waals surface area contributed by atoms with Crippen LogP contribution in [0.3, 0.4) is 0 Å². The predicted octanol–water partition coefficient (Wildman–Crippen LogP) is 2.19. The van der Waals surface area contributed by atoms with Crippen molar-refractivity contribution in [1.29, 1.82) is 0 Å². The maximum atomic E-state index is 13.5. The molecule has 1 aromatic rings. The van der Waals surface area contributed by atoms with Crippen LogP contribution in [0, 0.1) is 11.7 Å². The van der Waals surface area contributed by atoms with E-state index < -0.39 is 45.8 Å². The Labute approximate surface area is 199 Å². The molecule has 1 aromatic carbocycles. The van der Waals surface area contributed by atoms with Crippen molar-refractivity contribution >= 4 is 27.8 Å².